The Morgan fingerprint density at radius 1 is 1.27 bits per heavy atom. The molecule has 1 saturated carbocycles. The minimum atomic E-state index is -0.648. The molecule has 0 bridgehead atoms. The highest BCUT2D eigenvalue weighted by Gasteiger charge is 2.35. The van der Waals surface area contributed by atoms with Crippen molar-refractivity contribution in [3.63, 3.8) is 0 Å². The van der Waals surface area contributed by atoms with Gasteiger partial charge in [0.05, 0.1) is 11.6 Å². The topological polar surface area (TPSA) is 99.8 Å². The molecule has 2 N–H and O–H groups in total. The van der Waals surface area contributed by atoms with E-state index in [4.69, 9.17) is 5.26 Å². The van der Waals surface area contributed by atoms with E-state index in [-0.39, 0.29) is 17.9 Å². The minimum absolute atomic E-state index is 0.138. The van der Waals surface area contributed by atoms with E-state index < -0.39 is 11.5 Å². The fraction of sp³-hybridized carbons (Fsp3) is 0.565. The summed E-state index contributed by atoms with van der Waals surface area (Å²) in [5.41, 5.74) is 0.779. The van der Waals surface area contributed by atoms with Crippen molar-refractivity contribution in [1.82, 2.24) is 20.4 Å². The lowest BCUT2D eigenvalue weighted by molar-refractivity contribution is -0.126. The summed E-state index contributed by atoms with van der Waals surface area (Å²) < 4.78 is 1.82. The van der Waals surface area contributed by atoms with Crippen LogP contribution in [0.5, 0.6) is 0 Å². The van der Waals surface area contributed by atoms with E-state index in [1.165, 1.54) is 0 Å². The highest BCUT2D eigenvalue weighted by molar-refractivity contribution is 6.06. The molecule has 0 radical (unpaired) electrons. The fourth-order valence-electron chi connectivity index (χ4n) is 3.64. The highest BCUT2D eigenvalue weighted by Crippen LogP contribution is 2.24. The second kappa shape index (κ2) is 9.29. The molecule has 30 heavy (non-hydrogen) atoms. The maximum atomic E-state index is 13.2. The van der Waals surface area contributed by atoms with Crippen LogP contribution in [-0.2, 0) is 11.3 Å². The Labute approximate surface area is 177 Å². The van der Waals surface area contributed by atoms with E-state index >= 15 is 0 Å². The molecular formula is C23H31N5O2. The number of nitriles is 1. The van der Waals surface area contributed by atoms with Crippen LogP contribution in [0.1, 0.15) is 69.8 Å². The molecular weight excluding hydrogens is 378 g/mol. The molecule has 0 aliphatic heterocycles. The third-order valence-electron chi connectivity index (χ3n) is 5.64. The van der Waals surface area contributed by atoms with Crippen LogP contribution in [0.4, 0.5) is 0 Å². The van der Waals surface area contributed by atoms with Gasteiger partial charge in [-0.25, -0.2) is 0 Å². The van der Waals surface area contributed by atoms with Crippen molar-refractivity contribution in [2.75, 3.05) is 0 Å². The number of carbonyl (C=O) groups is 2. The third kappa shape index (κ3) is 4.99. The smallest absolute Gasteiger partial charge is 0.273 e. The van der Waals surface area contributed by atoms with Crippen LogP contribution < -0.4 is 10.6 Å². The van der Waals surface area contributed by atoms with Gasteiger partial charge in [-0.05, 0) is 43.6 Å². The van der Waals surface area contributed by atoms with E-state index in [0.29, 0.717) is 18.7 Å². The Kier molecular flexibility index (Phi) is 6.76. The van der Waals surface area contributed by atoms with Gasteiger partial charge in [0.15, 0.2) is 5.69 Å². The summed E-state index contributed by atoms with van der Waals surface area (Å²) in [6, 6.07) is 9.33. The van der Waals surface area contributed by atoms with Crippen LogP contribution in [0, 0.1) is 16.7 Å². The van der Waals surface area contributed by atoms with Crippen LogP contribution in [0.3, 0.4) is 0 Å². The van der Waals surface area contributed by atoms with Crippen LogP contribution >= 0.6 is 0 Å². The fourth-order valence-corrected chi connectivity index (χ4v) is 3.64. The van der Waals surface area contributed by atoms with Gasteiger partial charge in [0.2, 0.25) is 5.91 Å². The summed E-state index contributed by atoms with van der Waals surface area (Å²) >= 11 is 0. The quantitative estimate of drug-likeness (QED) is 0.651. The Hall–Kier alpha value is -2.88. The lowest BCUT2D eigenvalue weighted by Gasteiger charge is -2.34. The summed E-state index contributed by atoms with van der Waals surface area (Å²) in [6.07, 6.45) is 5.24. The predicted octanol–water partition coefficient (Wildman–Crippen LogP) is 3.54. The molecule has 1 aliphatic carbocycles. The number of nitrogens with one attached hydrogen (secondary N) is 2. The number of hydrogen-bond donors (Lipinski definition) is 2. The maximum Gasteiger partial charge on any atom is 0.273 e. The van der Waals surface area contributed by atoms with Gasteiger partial charge in [-0.3, -0.25) is 14.3 Å². The number of amides is 2. The first-order valence-electron chi connectivity index (χ1n) is 10.7. The maximum absolute atomic E-state index is 13.2. The highest BCUT2D eigenvalue weighted by atomic mass is 16.2. The zero-order valence-electron chi connectivity index (χ0n) is 18.1. The molecule has 7 heteroatoms. The van der Waals surface area contributed by atoms with Crippen LogP contribution in [0.15, 0.2) is 24.3 Å². The molecule has 1 unspecified atom stereocenters. The van der Waals surface area contributed by atoms with Gasteiger partial charge in [-0.1, -0.05) is 39.0 Å². The summed E-state index contributed by atoms with van der Waals surface area (Å²) in [6.45, 7) is 6.49. The number of rotatable bonds is 8. The summed E-state index contributed by atoms with van der Waals surface area (Å²) in [5, 5.41) is 20.0. The molecule has 0 spiro atoms. The standard InChI is InChI=1S/C23H31N5O2/c1-23(2,3)20(22(30)25-16-10-9-11-16)26-21(29)19-17-12-5-6-13-18(17)28(27-19)15-8-4-7-14-24/h5-6,12-13,16,20H,4,7-11,15H2,1-3H3,(H,25,30)(H,26,29). The van der Waals surface area contributed by atoms with Gasteiger partial charge in [0, 0.05) is 24.4 Å². The zero-order valence-corrected chi connectivity index (χ0v) is 18.1. The van der Waals surface area contributed by atoms with Crippen molar-refractivity contribution < 1.29 is 9.59 Å². The Balaban J connectivity index is 1.80. The number of aromatic nitrogens is 2. The van der Waals surface area contributed by atoms with E-state index in [1.54, 1.807) is 0 Å². The second-order valence-electron chi connectivity index (χ2n) is 9.11. The van der Waals surface area contributed by atoms with Crippen molar-refractivity contribution in [3.8, 4) is 6.07 Å². The number of aryl methyl sites for hydroxylation is 1. The number of benzene rings is 1. The molecule has 1 heterocycles. The average molecular weight is 410 g/mol. The van der Waals surface area contributed by atoms with Crippen molar-refractivity contribution in [3.05, 3.63) is 30.0 Å². The average Bonchev–Trinajstić information content (AvgIpc) is 3.04. The molecule has 1 aromatic carbocycles. The minimum Gasteiger partial charge on any atom is -0.352 e. The number of carbonyl (C=O) groups excluding carboxylic acids is 2. The van der Waals surface area contributed by atoms with Crippen molar-refractivity contribution >= 4 is 22.7 Å². The molecule has 160 valence electrons. The molecule has 3 rings (SSSR count). The lowest BCUT2D eigenvalue weighted by atomic mass is 9.85. The van der Waals surface area contributed by atoms with Crippen LogP contribution in [-0.4, -0.2) is 33.7 Å². The molecule has 1 fully saturated rings. The first kappa shape index (κ1) is 21.8. The number of unbranched alkanes of at least 4 members (excludes halogenated alkanes) is 2. The summed E-state index contributed by atoms with van der Waals surface area (Å²) in [7, 11) is 0. The van der Waals surface area contributed by atoms with Crippen LogP contribution in [0.2, 0.25) is 0 Å². The Morgan fingerprint density at radius 3 is 2.63 bits per heavy atom. The number of hydrogen-bond acceptors (Lipinski definition) is 4. The normalized spacial score (nSPS) is 15.3. The van der Waals surface area contributed by atoms with Gasteiger partial charge in [0.25, 0.3) is 5.91 Å². The van der Waals surface area contributed by atoms with Crippen molar-refractivity contribution in [1.29, 1.82) is 5.26 Å². The molecule has 2 aromatic rings. The van der Waals surface area contributed by atoms with Gasteiger partial charge in [0.1, 0.15) is 6.04 Å². The number of fused-ring (bicyclic) bond motifs is 1. The lowest BCUT2D eigenvalue weighted by Crippen LogP contribution is -2.56. The number of para-hydroxylation sites is 1. The van der Waals surface area contributed by atoms with Gasteiger partial charge in [-0.2, -0.15) is 10.4 Å². The second-order valence-corrected chi connectivity index (χ2v) is 9.11. The first-order valence-corrected chi connectivity index (χ1v) is 10.7. The first-order chi connectivity index (χ1) is 14.3. The third-order valence-corrected chi connectivity index (χ3v) is 5.64. The summed E-state index contributed by atoms with van der Waals surface area (Å²) in [4.78, 5) is 26.0. The predicted molar refractivity (Wildman–Crippen MR) is 116 cm³/mol. The van der Waals surface area contributed by atoms with Crippen molar-refractivity contribution in [2.45, 2.75) is 77.9 Å². The van der Waals surface area contributed by atoms with Crippen molar-refractivity contribution in [2.24, 2.45) is 5.41 Å². The van der Waals surface area contributed by atoms with E-state index in [9.17, 15) is 9.59 Å². The monoisotopic (exact) mass is 409 g/mol. The van der Waals surface area contributed by atoms with Gasteiger partial charge >= 0.3 is 0 Å². The van der Waals surface area contributed by atoms with E-state index in [2.05, 4.69) is 21.8 Å². The summed E-state index contributed by atoms with van der Waals surface area (Å²) in [5.74, 6) is -0.480. The largest absolute Gasteiger partial charge is 0.352 e. The molecule has 1 aliphatic rings. The molecule has 7 nitrogen and oxygen atoms in total. The molecule has 1 atom stereocenters. The zero-order chi connectivity index (χ0) is 21.7. The Morgan fingerprint density at radius 2 is 2.00 bits per heavy atom. The van der Waals surface area contributed by atoms with Gasteiger partial charge in [-0.15, -0.1) is 0 Å². The molecule has 1 aromatic heterocycles. The van der Waals surface area contributed by atoms with E-state index in [0.717, 1.165) is 43.0 Å². The number of nitrogens with zero attached hydrogens (tertiary/aromatic N) is 3. The Bertz CT molecular complexity index is 947. The molecule has 0 saturated heterocycles. The van der Waals surface area contributed by atoms with Crippen LogP contribution in [0.25, 0.3) is 10.9 Å². The van der Waals surface area contributed by atoms with Gasteiger partial charge < -0.3 is 10.6 Å². The SMILES string of the molecule is CC(C)(C)C(NC(=O)c1nn(CCCCC#N)c2ccccc12)C(=O)NC1CCC1. The van der Waals surface area contributed by atoms with E-state index in [1.807, 2.05) is 49.7 Å². The molecule has 2 amide bonds.